The van der Waals surface area contributed by atoms with Crippen LogP contribution < -0.4 is 5.32 Å². The largest absolute Gasteiger partial charge is 0.469 e. The summed E-state index contributed by atoms with van der Waals surface area (Å²) >= 11 is 6.06. The number of benzene rings is 3. The fourth-order valence-electron chi connectivity index (χ4n) is 6.04. The molecule has 0 unspecified atom stereocenters. The van der Waals surface area contributed by atoms with Crippen molar-refractivity contribution in [3.05, 3.63) is 93.8 Å². The molecule has 0 aliphatic carbocycles. The van der Waals surface area contributed by atoms with E-state index in [9.17, 15) is 19.2 Å². The van der Waals surface area contributed by atoms with Crippen molar-refractivity contribution >= 4 is 46.4 Å². The first-order valence-electron chi connectivity index (χ1n) is 14.7. The quantitative estimate of drug-likeness (QED) is 0.242. The zero-order valence-corrected chi connectivity index (χ0v) is 25.7. The number of amides is 2. The molecule has 2 bridgehead atoms. The van der Waals surface area contributed by atoms with Gasteiger partial charge in [-0.3, -0.25) is 19.2 Å². The second-order valence-electron chi connectivity index (χ2n) is 11.4. The number of nitrogens with one attached hydrogen (secondary N) is 1. The van der Waals surface area contributed by atoms with Gasteiger partial charge >= 0.3 is 5.97 Å². The Labute approximate surface area is 261 Å². The van der Waals surface area contributed by atoms with Gasteiger partial charge in [0.15, 0.2) is 5.78 Å². The number of Topliss-reactive ketones (excluding diaryl/α,β-unsaturated/α-hetero) is 1. The van der Waals surface area contributed by atoms with Gasteiger partial charge in [0.2, 0.25) is 11.8 Å². The molecule has 2 heterocycles. The van der Waals surface area contributed by atoms with Crippen LogP contribution in [0.1, 0.15) is 72.6 Å². The molecule has 3 aromatic rings. The molecule has 2 aliphatic rings. The van der Waals surface area contributed by atoms with E-state index in [0.717, 1.165) is 22.3 Å². The molecular weight excluding hydrogens is 583 g/mol. The highest BCUT2D eigenvalue weighted by Gasteiger charge is 2.31. The number of methoxy groups -OCH3 is 1. The number of rotatable bonds is 5. The predicted octanol–water partition coefficient (Wildman–Crippen LogP) is 7.18. The summed E-state index contributed by atoms with van der Waals surface area (Å²) in [6.45, 7) is 3.56. The summed E-state index contributed by atoms with van der Waals surface area (Å²) in [4.78, 5) is 52.9. The number of anilines is 1. The maximum Gasteiger partial charge on any atom is 0.309 e. The Balaban J connectivity index is 1.53. The van der Waals surface area contributed by atoms with E-state index in [2.05, 4.69) is 5.32 Å². The van der Waals surface area contributed by atoms with Gasteiger partial charge in [-0.25, -0.2) is 4.39 Å². The average molecular weight is 617 g/mol. The molecule has 0 spiro atoms. The molecule has 7 nitrogen and oxygen atoms in total. The molecule has 3 aromatic carbocycles. The average Bonchev–Trinajstić information content (AvgIpc) is 3.00. The highest BCUT2D eigenvalue weighted by atomic mass is 35.5. The van der Waals surface area contributed by atoms with Crippen LogP contribution in [-0.4, -0.2) is 42.1 Å². The molecule has 9 heteroatoms. The minimum absolute atomic E-state index is 0.0802. The molecule has 2 amide bonds. The number of esters is 1. The van der Waals surface area contributed by atoms with Gasteiger partial charge in [-0.1, -0.05) is 55.3 Å². The van der Waals surface area contributed by atoms with E-state index in [1.165, 1.54) is 32.2 Å². The van der Waals surface area contributed by atoms with Gasteiger partial charge in [0, 0.05) is 40.9 Å². The van der Waals surface area contributed by atoms with Gasteiger partial charge < -0.3 is 15.0 Å². The number of hydrogen-bond acceptors (Lipinski definition) is 5. The number of halogens is 2. The highest BCUT2D eigenvalue weighted by Crippen LogP contribution is 2.38. The van der Waals surface area contributed by atoms with Crippen LogP contribution >= 0.6 is 11.6 Å². The molecule has 1 N–H and O–H groups in total. The van der Waals surface area contributed by atoms with Crippen LogP contribution in [0, 0.1) is 11.7 Å². The van der Waals surface area contributed by atoms with Crippen molar-refractivity contribution in [2.75, 3.05) is 19.0 Å². The Bertz CT molecular complexity index is 1680. The maximum atomic E-state index is 15.2. The number of carbonyl (C=O) groups is 4. The van der Waals surface area contributed by atoms with Crippen molar-refractivity contribution < 1.29 is 28.3 Å². The Hall–Kier alpha value is -4.30. The third-order valence-electron chi connectivity index (χ3n) is 8.44. The third kappa shape index (κ3) is 6.45. The molecule has 0 saturated carbocycles. The predicted molar refractivity (Wildman–Crippen MR) is 168 cm³/mol. The van der Waals surface area contributed by atoms with E-state index >= 15 is 4.39 Å². The maximum absolute atomic E-state index is 15.2. The molecule has 0 saturated heterocycles. The van der Waals surface area contributed by atoms with E-state index in [-0.39, 0.29) is 58.1 Å². The molecular formula is C35H34ClFN2O5. The van der Waals surface area contributed by atoms with Crippen molar-refractivity contribution in [1.29, 1.82) is 0 Å². The van der Waals surface area contributed by atoms with Crippen molar-refractivity contribution in [2.24, 2.45) is 5.92 Å². The van der Waals surface area contributed by atoms with Gasteiger partial charge in [0.1, 0.15) is 5.82 Å². The monoisotopic (exact) mass is 616 g/mol. The molecule has 2 aliphatic heterocycles. The second kappa shape index (κ2) is 13.1. The lowest BCUT2D eigenvalue weighted by Crippen LogP contribution is -2.37. The minimum Gasteiger partial charge on any atom is -0.469 e. The minimum atomic E-state index is -0.703. The summed E-state index contributed by atoms with van der Waals surface area (Å²) in [5, 5.41) is 2.96. The van der Waals surface area contributed by atoms with Gasteiger partial charge in [-0.2, -0.15) is 0 Å². The standard InChI is InChI=1S/C35H34ClFN2O5/c1-20-6-4-9-30(39-15-14-25(19-31(39)41)33-26(21(2)40)12-13-28(36)34(33)37)24-8-5-7-23(18-24)27-11-10-22(17-32(42)44-3)16-29(27)38-35(20)43/h5,7-8,10-13,16,18-20,30H,4,6,9,14-15,17H2,1-3H3,(H,38,43)/t20-,30+/m1/s1. The first-order valence-corrected chi connectivity index (χ1v) is 15.1. The molecule has 5 rings (SSSR count). The molecule has 0 radical (unpaired) electrons. The van der Waals surface area contributed by atoms with Crippen molar-refractivity contribution in [2.45, 2.75) is 52.0 Å². The van der Waals surface area contributed by atoms with Crippen LogP contribution in [0.3, 0.4) is 0 Å². The lowest BCUT2D eigenvalue weighted by Gasteiger charge is -2.35. The number of hydrogen-bond donors (Lipinski definition) is 1. The van der Waals surface area contributed by atoms with Crippen LogP contribution in [0.2, 0.25) is 5.02 Å². The zero-order chi connectivity index (χ0) is 31.5. The normalized spacial score (nSPS) is 18.8. The number of carbonyl (C=O) groups excluding carboxylic acids is 4. The molecule has 0 fully saturated rings. The Morgan fingerprint density at radius 1 is 1.09 bits per heavy atom. The topological polar surface area (TPSA) is 92.8 Å². The lowest BCUT2D eigenvalue weighted by molar-refractivity contribution is -0.139. The number of ether oxygens (including phenoxy) is 1. The van der Waals surface area contributed by atoms with E-state index in [4.69, 9.17) is 16.3 Å². The van der Waals surface area contributed by atoms with Crippen molar-refractivity contribution in [1.82, 2.24) is 4.90 Å². The van der Waals surface area contributed by atoms with Crippen LogP contribution in [0.5, 0.6) is 0 Å². The fraction of sp³-hybridized carbons (Fsp3) is 0.314. The van der Waals surface area contributed by atoms with Crippen LogP contribution in [0.25, 0.3) is 16.7 Å². The summed E-state index contributed by atoms with van der Waals surface area (Å²) < 4.78 is 20.0. The Morgan fingerprint density at radius 3 is 2.61 bits per heavy atom. The van der Waals surface area contributed by atoms with Crippen molar-refractivity contribution in [3.63, 3.8) is 0 Å². The summed E-state index contributed by atoms with van der Waals surface area (Å²) in [5.41, 5.74) is 4.63. The first kappa shape index (κ1) is 31.1. The van der Waals surface area contributed by atoms with Gasteiger partial charge in [0.25, 0.3) is 0 Å². The number of ketones is 1. The van der Waals surface area contributed by atoms with E-state index in [1.807, 2.05) is 43.3 Å². The third-order valence-corrected chi connectivity index (χ3v) is 8.73. The summed E-state index contributed by atoms with van der Waals surface area (Å²) in [6, 6.07) is 16.0. The lowest BCUT2D eigenvalue weighted by atomic mass is 9.89. The Morgan fingerprint density at radius 2 is 1.89 bits per heavy atom. The highest BCUT2D eigenvalue weighted by molar-refractivity contribution is 6.31. The molecule has 228 valence electrons. The van der Waals surface area contributed by atoms with E-state index in [1.54, 1.807) is 11.0 Å². The summed E-state index contributed by atoms with van der Waals surface area (Å²) in [5.74, 6) is -2.07. The van der Waals surface area contributed by atoms with E-state index in [0.29, 0.717) is 43.5 Å². The van der Waals surface area contributed by atoms with Crippen LogP contribution in [0.15, 0.2) is 60.7 Å². The SMILES string of the molecule is COC(=O)Cc1ccc2c(c1)NC(=O)[C@H](C)CCC[C@H](N1CCC(c3c(C(C)=O)ccc(Cl)c3F)=CC1=O)c1cccc-2c1. The van der Waals surface area contributed by atoms with Crippen molar-refractivity contribution in [3.8, 4) is 11.1 Å². The zero-order valence-electron chi connectivity index (χ0n) is 24.9. The molecule has 44 heavy (non-hydrogen) atoms. The van der Waals surface area contributed by atoms with E-state index < -0.39 is 5.82 Å². The number of nitrogens with zero attached hydrogens (tertiary/aromatic N) is 1. The molecule has 2 atom stereocenters. The van der Waals surface area contributed by atoms with Gasteiger partial charge in [0.05, 0.1) is 24.6 Å². The van der Waals surface area contributed by atoms with Gasteiger partial charge in [-0.15, -0.1) is 0 Å². The van der Waals surface area contributed by atoms with Crippen LogP contribution in [-0.2, 0) is 25.5 Å². The van der Waals surface area contributed by atoms with Crippen LogP contribution in [0.4, 0.5) is 10.1 Å². The molecule has 0 aromatic heterocycles. The first-order chi connectivity index (χ1) is 21.1. The Kier molecular flexibility index (Phi) is 9.30. The summed E-state index contributed by atoms with van der Waals surface area (Å²) in [7, 11) is 1.34. The smallest absolute Gasteiger partial charge is 0.309 e. The summed E-state index contributed by atoms with van der Waals surface area (Å²) in [6.07, 6.45) is 3.78. The second-order valence-corrected chi connectivity index (χ2v) is 11.8. The van der Waals surface area contributed by atoms with Gasteiger partial charge in [-0.05, 0) is 72.7 Å². The fourth-order valence-corrected chi connectivity index (χ4v) is 6.19. The number of fused-ring (bicyclic) bond motifs is 4.